The van der Waals surface area contributed by atoms with E-state index >= 15 is 0 Å². The van der Waals surface area contributed by atoms with Crippen molar-refractivity contribution in [3.05, 3.63) is 5.01 Å². The molecule has 1 rings (SSSR count). The summed E-state index contributed by atoms with van der Waals surface area (Å²) in [6.45, 7) is 0. The van der Waals surface area contributed by atoms with Crippen LogP contribution in [0, 0.1) is 0 Å². The highest BCUT2D eigenvalue weighted by Gasteiger charge is 1.94. The summed E-state index contributed by atoms with van der Waals surface area (Å²) in [5, 5.41) is 18.6. The lowest BCUT2D eigenvalue weighted by atomic mass is 10.8. The van der Waals surface area contributed by atoms with Crippen molar-refractivity contribution in [2.45, 2.75) is 0 Å². The van der Waals surface area contributed by atoms with Crippen LogP contribution >= 0.6 is 11.3 Å². The largest absolute Gasteiger partial charge is 0.411 e. The van der Waals surface area contributed by atoms with Gasteiger partial charge >= 0.3 is 0 Å². The number of aromatic nitrogens is 2. The van der Waals surface area contributed by atoms with Gasteiger partial charge in [-0.05, 0) is 0 Å². The van der Waals surface area contributed by atoms with Gasteiger partial charge in [-0.3, -0.25) is 0 Å². The Hall–Kier alpha value is -1.17. The number of nitrogens with two attached hydrogens (primary N) is 1. The van der Waals surface area contributed by atoms with E-state index in [0.717, 1.165) is 11.3 Å². The number of nitrogen functional groups attached to an aromatic ring is 1. The Kier molecular flexibility index (Phi) is 1.59. The Balaban J connectivity index is 2.85. The molecule has 0 radical (unpaired) electrons. The van der Waals surface area contributed by atoms with E-state index in [1.807, 2.05) is 0 Å². The summed E-state index contributed by atoms with van der Waals surface area (Å²) in [5.74, 6) is 0. The van der Waals surface area contributed by atoms with Gasteiger partial charge in [0.1, 0.15) is 6.21 Å². The average molecular weight is 144 g/mol. The van der Waals surface area contributed by atoms with Crippen molar-refractivity contribution in [1.82, 2.24) is 10.2 Å². The molecule has 0 aliphatic heterocycles. The van der Waals surface area contributed by atoms with Gasteiger partial charge in [-0.15, -0.1) is 10.2 Å². The fourth-order valence-corrected chi connectivity index (χ4v) is 0.826. The Labute approximate surface area is 54.8 Å². The zero-order valence-electron chi connectivity index (χ0n) is 4.35. The summed E-state index contributed by atoms with van der Waals surface area (Å²) in [7, 11) is 0. The van der Waals surface area contributed by atoms with Gasteiger partial charge in [-0.25, -0.2) is 0 Å². The monoisotopic (exact) mass is 144 g/mol. The topological polar surface area (TPSA) is 84.4 Å². The highest BCUT2D eigenvalue weighted by molar-refractivity contribution is 7.16. The summed E-state index contributed by atoms with van der Waals surface area (Å²) >= 11 is 1.16. The summed E-state index contributed by atoms with van der Waals surface area (Å²) in [6.07, 6.45) is 1.17. The first kappa shape index (κ1) is 5.96. The first-order chi connectivity index (χ1) is 4.33. The molecule has 9 heavy (non-hydrogen) atoms. The molecule has 48 valence electrons. The Morgan fingerprint density at radius 1 is 1.67 bits per heavy atom. The lowest BCUT2D eigenvalue weighted by Crippen LogP contribution is -1.80. The van der Waals surface area contributed by atoms with Gasteiger partial charge in [0.05, 0.1) is 0 Å². The second kappa shape index (κ2) is 2.40. The van der Waals surface area contributed by atoms with E-state index in [-0.39, 0.29) is 0 Å². The molecule has 0 aromatic carbocycles. The molecular weight excluding hydrogens is 140 g/mol. The number of rotatable bonds is 1. The molecule has 0 amide bonds. The standard InChI is InChI=1S/C3H4N4OS/c4-3-7-6-2(9-3)1-5-8/h1,8H,(H2,4,7)/b5-1+. The van der Waals surface area contributed by atoms with E-state index in [1.165, 1.54) is 6.21 Å². The van der Waals surface area contributed by atoms with Crippen molar-refractivity contribution >= 4 is 22.7 Å². The number of hydrogen-bond donors (Lipinski definition) is 2. The van der Waals surface area contributed by atoms with Crippen LogP contribution in [0.5, 0.6) is 0 Å². The number of oxime groups is 1. The second-order valence-corrected chi connectivity index (χ2v) is 2.26. The minimum atomic E-state index is 0.366. The van der Waals surface area contributed by atoms with E-state index in [1.54, 1.807) is 0 Å². The molecule has 1 aromatic rings. The fourth-order valence-electron chi connectivity index (χ4n) is 0.348. The van der Waals surface area contributed by atoms with Gasteiger partial charge in [0.25, 0.3) is 0 Å². The smallest absolute Gasteiger partial charge is 0.203 e. The highest BCUT2D eigenvalue weighted by atomic mass is 32.1. The molecule has 0 fully saturated rings. The van der Waals surface area contributed by atoms with E-state index in [9.17, 15) is 0 Å². The van der Waals surface area contributed by atoms with E-state index in [0.29, 0.717) is 10.1 Å². The maximum absolute atomic E-state index is 8.00. The Bertz CT molecular complexity index is 219. The van der Waals surface area contributed by atoms with Crippen LogP contribution in [0.2, 0.25) is 0 Å². The lowest BCUT2D eigenvalue weighted by Gasteiger charge is -1.71. The molecule has 0 unspecified atom stereocenters. The van der Waals surface area contributed by atoms with Crippen LogP contribution < -0.4 is 5.73 Å². The number of nitrogens with zero attached hydrogens (tertiary/aromatic N) is 3. The number of hydrogen-bond acceptors (Lipinski definition) is 6. The maximum atomic E-state index is 8.00. The molecule has 0 saturated carbocycles. The second-order valence-electron chi connectivity index (χ2n) is 1.22. The zero-order chi connectivity index (χ0) is 6.69. The van der Waals surface area contributed by atoms with Gasteiger partial charge in [-0.2, -0.15) is 0 Å². The van der Waals surface area contributed by atoms with Crippen molar-refractivity contribution in [3.8, 4) is 0 Å². The van der Waals surface area contributed by atoms with Gasteiger partial charge in [0.15, 0.2) is 5.01 Å². The van der Waals surface area contributed by atoms with E-state index < -0.39 is 0 Å². The van der Waals surface area contributed by atoms with Gasteiger partial charge < -0.3 is 10.9 Å². The molecule has 5 nitrogen and oxygen atoms in total. The average Bonchev–Trinajstić information content (AvgIpc) is 2.17. The molecule has 0 atom stereocenters. The van der Waals surface area contributed by atoms with Crippen LogP contribution in [0.25, 0.3) is 0 Å². The molecular formula is C3H4N4OS. The van der Waals surface area contributed by atoms with Crippen LogP contribution in [-0.4, -0.2) is 21.6 Å². The fraction of sp³-hybridized carbons (Fsp3) is 0. The molecule has 0 saturated heterocycles. The highest BCUT2D eigenvalue weighted by Crippen LogP contribution is 2.07. The summed E-state index contributed by atoms with van der Waals surface area (Å²) in [6, 6.07) is 0. The molecule has 0 bridgehead atoms. The third-order valence-electron chi connectivity index (χ3n) is 0.624. The maximum Gasteiger partial charge on any atom is 0.203 e. The molecule has 0 spiro atoms. The van der Waals surface area contributed by atoms with Crippen molar-refractivity contribution in [2.24, 2.45) is 5.16 Å². The quantitative estimate of drug-likeness (QED) is 0.328. The minimum Gasteiger partial charge on any atom is -0.411 e. The van der Waals surface area contributed by atoms with E-state index in [4.69, 9.17) is 10.9 Å². The first-order valence-corrected chi connectivity index (χ1v) is 2.91. The molecule has 0 aliphatic rings. The zero-order valence-corrected chi connectivity index (χ0v) is 5.17. The van der Waals surface area contributed by atoms with Crippen molar-refractivity contribution in [2.75, 3.05) is 5.73 Å². The normalized spacial score (nSPS) is 10.7. The lowest BCUT2D eigenvalue weighted by molar-refractivity contribution is 0.322. The van der Waals surface area contributed by atoms with Crippen LogP contribution in [-0.2, 0) is 0 Å². The summed E-state index contributed by atoms with van der Waals surface area (Å²) in [5.41, 5.74) is 5.21. The molecule has 1 heterocycles. The Morgan fingerprint density at radius 2 is 2.44 bits per heavy atom. The number of anilines is 1. The third kappa shape index (κ3) is 1.36. The molecule has 1 aromatic heterocycles. The van der Waals surface area contributed by atoms with Crippen LogP contribution in [0.4, 0.5) is 5.13 Å². The first-order valence-electron chi connectivity index (χ1n) is 2.09. The van der Waals surface area contributed by atoms with Gasteiger partial charge in [0, 0.05) is 0 Å². The van der Waals surface area contributed by atoms with Crippen molar-refractivity contribution in [1.29, 1.82) is 0 Å². The van der Waals surface area contributed by atoms with Crippen LogP contribution in [0.15, 0.2) is 5.16 Å². The molecule has 6 heteroatoms. The predicted octanol–water partition coefficient (Wildman–Crippen LogP) is -0.0716. The summed E-state index contributed by atoms with van der Waals surface area (Å²) < 4.78 is 0. The molecule has 3 N–H and O–H groups in total. The van der Waals surface area contributed by atoms with Crippen molar-refractivity contribution < 1.29 is 5.21 Å². The predicted molar refractivity (Wildman–Crippen MR) is 33.7 cm³/mol. The minimum absolute atomic E-state index is 0.366. The Morgan fingerprint density at radius 3 is 2.89 bits per heavy atom. The van der Waals surface area contributed by atoms with Crippen LogP contribution in [0.3, 0.4) is 0 Å². The third-order valence-corrected chi connectivity index (χ3v) is 1.31. The molecule has 0 aliphatic carbocycles. The van der Waals surface area contributed by atoms with Crippen molar-refractivity contribution in [3.63, 3.8) is 0 Å². The summed E-state index contributed by atoms with van der Waals surface area (Å²) in [4.78, 5) is 0. The van der Waals surface area contributed by atoms with Gasteiger partial charge in [-0.1, -0.05) is 16.5 Å². The van der Waals surface area contributed by atoms with Crippen LogP contribution in [0.1, 0.15) is 5.01 Å². The SMILES string of the molecule is Nc1nnc(/C=N/O)s1. The van der Waals surface area contributed by atoms with E-state index in [2.05, 4.69) is 15.4 Å². The van der Waals surface area contributed by atoms with Gasteiger partial charge in [0.2, 0.25) is 5.13 Å².